The molecule has 0 saturated carbocycles. The molecule has 2 aromatic rings. The fourth-order valence-electron chi connectivity index (χ4n) is 3.15. The number of carbonyl (C=O) groups is 2. The number of hydrogen-bond donors (Lipinski definition) is 2. The first kappa shape index (κ1) is 21.0. The van der Waals surface area contributed by atoms with E-state index < -0.39 is 17.6 Å². The lowest BCUT2D eigenvalue weighted by Gasteiger charge is -2.19. The molecule has 3 rings (SSSR count). The zero-order valence-corrected chi connectivity index (χ0v) is 16.1. The van der Waals surface area contributed by atoms with E-state index in [1.807, 2.05) is 0 Å². The van der Waals surface area contributed by atoms with Crippen LogP contribution in [-0.4, -0.2) is 36.3 Å². The van der Waals surface area contributed by atoms with Crippen molar-refractivity contribution in [2.24, 2.45) is 0 Å². The maximum atomic E-state index is 13.1. The Hall–Kier alpha value is -2.74. The zero-order chi connectivity index (χ0) is 21.0. The van der Waals surface area contributed by atoms with Crippen molar-refractivity contribution in [1.29, 1.82) is 0 Å². The highest BCUT2D eigenvalue weighted by Crippen LogP contribution is 2.34. The van der Waals surface area contributed by atoms with Gasteiger partial charge in [-0.25, -0.2) is 0 Å². The topological polar surface area (TPSA) is 61.4 Å². The first-order valence-corrected chi connectivity index (χ1v) is 9.42. The Kier molecular flexibility index (Phi) is 6.32. The minimum absolute atomic E-state index is 0.176. The summed E-state index contributed by atoms with van der Waals surface area (Å²) in [5.41, 5.74) is -0.541. The van der Waals surface area contributed by atoms with Crippen LogP contribution < -0.4 is 10.6 Å². The summed E-state index contributed by atoms with van der Waals surface area (Å²) in [6.45, 7) is 0.998. The van der Waals surface area contributed by atoms with E-state index >= 15 is 0 Å². The third-order valence-corrected chi connectivity index (χ3v) is 4.79. The normalized spacial score (nSPS) is 14.0. The van der Waals surface area contributed by atoms with Crippen molar-refractivity contribution in [3.8, 4) is 0 Å². The molecule has 1 heterocycles. The summed E-state index contributed by atoms with van der Waals surface area (Å²) >= 11 is 6.01. The van der Waals surface area contributed by atoms with E-state index in [-0.39, 0.29) is 18.1 Å². The lowest BCUT2D eigenvalue weighted by Crippen LogP contribution is -2.29. The fourth-order valence-corrected chi connectivity index (χ4v) is 3.32. The quantitative estimate of drug-likeness (QED) is 0.733. The van der Waals surface area contributed by atoms with Crippen LogP contribution >= 0.6 is 11.6 Å². The van der Waals surface area contributed by atoms with E-state index in [2.05, 4.69) is 10.6 Å². The summed E-state index contributed by atoms with van der Waals surface area (Å²) < 4.78 is 39.2. The largest absolute Gasteiger partial charge is 0.418 e. The lowest BCUT2D eigenvalue weighted by atomic mass is 10.1. The summed E-state index contributed by atoms with van der Waals surface area (Å²) in [6.07, 6.45) is -2.72. The molecule has 9 heteroatoms. The second kappa shape index (κ2) is 8.73. The van der Waals surface area contributed by atoms with E-state index in [0.29, 0.717) is 29.4 Å². The van der Waals surface area contributed by atoms with Gasteiger partial charge in [-0.1, -0.05) is 23.7 Å². The molecule has 5 nitrogen and oxygen atoms in total. The van der Waals surface area contributed by atoms with Gasteiger partial charge in [-0.15, -0.1) is 0 Å². The lowest BCUT2D eigenvalue weighted by molar-refractivity contribution is -0.137. The number of rotatable bonds is 5. The van der Waals surface area contributed by atoms with Crippen molar-refractivity contribution in [1.82, 2.24) is 4.90 Å². The molecule has 1 aliphatic rings. The molecule has 154 valence electrons. The molecule has 0 radical (unpaired) electrons. The van der Waals surface area contributed by atoms with Crippen molar-refractivity contribution in [3.63, 3.8) is 0 Å². The average molecular weight is 426 g/mol. The Balaban J connectivity index is 1.71. The minimum Gasteiger partial charge on any atom is -0.375 e. The van der Waals surface area contributed by atoms with Crippen LogP contribution in [0.25, 0.3) is 0 Å². The molecule has 1 aliphatic heterocycles. The molecule has 0 unspecified atom stereocenters. The number of amides is 2. The number of likely N-dealkylation sites (tertiary alicyclic amines) is 1. The van der Waals surface area contributed by atoms with Crippen LogP contribution in [0.4, 0.5) is 24.5 Å². The Bertz CT molecular complexity index is 912. The monoisotopic (exact) mass is 425 g/mol. The second-order valence-electron chi connectivity index (χ2n) is 6.63. The average Bonchev–Trinajstić information content (AvgIpc) is 3.20. The smallest absolute Gasteiger partial charge is 0.375 e. The van der Waals surface area contributed by atoms with Gasteiger partial charge in [0.1, 0.15) is 0 Å². The van der Waals surface area contributed by atoms with E-state index in [1.54, 1.807) is 17.0 Å². The van der Waals surface area contributed by atoms with Crippen LogP contribution in [-0.2, 0) is 11.0 Å². The van der Waals surface area contributed by atoms with E-state index in [1.165, 1.54) is 24.3 Å². The first-order valence-electron chi connectivity index (χ1n) is 9.04. The highest BCUT2D eigenvalue weighted by Gasteiger charge is 2.33. The van der Waals surface area contributed by atoms with Gasteiger partial charge in [0.2, 0.25) is 5.91 Å². The van der Waals surface area contributed by atoms with Gasteiger partial charge < -0.3 is 15.5 Å². The highest BCUT2D eigenvalue weighted by molar-refractivity contribution is 6.31. The molecule has 2 amide bonds. The van der Waals surface area contributed by atoms with Gasteiger partial charge in [0.25, 0.3) is 5.91 Å². The molecule has 2 N–H and O–H groups in total. The maximum Gasteiger partial charge on any atom is 0.418 e. The van der Waals surface area contributed by atoms with Crippen molar-refractivity contribution >= 4 is 34.8 Å². The molecule has 1 saturated heterocycles. The SMILES string of the molecule is O=C(CNc1cc(Cl)ccc1C(=O)N1CCCC1)Nc1ccccc1C(F)(F)F. The van der Waals surface area contributed by atoms with Crippen LogP contribution in [0.2, 0.25) is 5.02 Å². The highest BCUT2D eigenvalue weighted by atomic mass is 35.5. The summed E-state index contributed by atoms with van der Waals surface area (Å²) in [7, 11) is 0. The Morgan fingerprint density at radius 3 is 2.41 bits per heavy atom. The zero-order valence-electron chi connectivity index (χ0n) is 15.4. The number of carbonyl (C=O) groups excluding carboxylic acids is 2. The molecule has 0 atom stereocenters. The summed E-state index contributed by atoms with van der Waals surface area (Å²) in [4.78, 5) is 26.6. The van der Waals surface area contributed by atoms with Crippen molar-refractivity contribution < 1.29 is 22.8 Å². The maximum absolute atomic E-state index is 13.1. The van der Waals surface area contributed by atoms with Gasteiger partial charge in [0.05, 0.1) is 23.4 Å². The number of alkyl halides is 3. The number of anilines is 2. The van der Waals surface area contributed by atoms with Crippen LogP contribution in [0.3, 0.4) is 0 Å². The van der Waals surface area contributed by atoms with Gasteiger partial charge >= 0.3 is 6.18 Å². The Labute approximate surface area is 170 Å². The van der Waals surface area contributed by atoms with Crippen LogP contribution in [0.1, 0.15) is 28.8 Å². The molecular weight excluding hydrogens is 407 g/mol. The predicted octanol–water partition coefficient (Wildman–Crippen LogP) is 4.65. The molecule has 2 aromatic carbocycles. The third-order valence-electron chi connectivity index (χ3n) is 4.55. The predicted molar refractivity (Wildman–Crippen MR) is 105 cm³/mol. The summed E-state index contributed by atoms with van der Waals surface area (Å²) in [6, 6.07) is 9.40. The van der Waals surface area contributed by atoms with Crippen molar-refractivity contribution in [3.05, 3.63) is 58.6 Å². The second-order valence-corrected chi connectivity index (χ2v) is 7.07. The number of halogens is 4. The van der Waals surface area contributed by atoms with E-state index in [9.17, 15) is 22.8 Å². The van der Waals surface area contributed by atoms with Crippen LogP contribution in [0, 0.1) is 0 Å². The van der Waals surface area contributed by atoms with Crippen molar-refractivity contribution in [2.75, 3.05) is 30.3 Å². The van der Waals surface area contributed by atoms with Crippen LogP contribution in [0.15, 0.2) is 42.5 Å². The first-order chi connectivity index (χ1) is 13.8. The van der Waals surface area contributed by atoms with Gasteiger partial charge in [-0.3, -0.25) is 9.59 Å². The number of benzene rings is 2. The van der Waals surface area contributed by atoms with E-state index in [0.717, 1.165) is 18.9 Å². The molecule has 0 aliphatic carbocycles. The molecule has 1 fully saturated rings. The molecular formula is C20H19ClF3N3O2. The standard InChI is InChI=1S/C20H19ClF3N3O2/c21-13-7-8-14(19(29)27-9-3-4-10-27)17(11-13)25-12-18(28)26-16-6-2-1-5-15(16)20(22,23)24/h1-2,5-8,11,25H,3-4,9-10,12H2,(H,26,28). The van der Waals surface area contributed by atoms with Crippen LogP contribution in [0.5, 0.6) is 0 Å². The number of nitrogens with one attached hydrogen (secondary N) is 2. The fraction of sp³-hybridized carbons (Fsp3) is 0.300. The molecule has 0 aromatic heterocycles. The molecule has 29 heavy (non-hydrogen) atoms. The number of hydrogen-bond acceptors (Lipinski definition) is 3. The van der Waals surface area contributed by atoms with Gasteiger partial charge in [0.15, 0.2) is 0 Å². The van der Waals surface area contributed by atoms with Gasteiger partial charge in [0, 0.05) is 23.8 Å². The van der Waals surface area contributed by atoms with Crippen molar-refractivity contribution in [2.45, 2.75) is 19.0 Å². The summed E-state index contributed by atoms with van der Waals surface area (Å²) in [5, 5.41) is 5.44. The Morgan fingerprint density at radius 1 is 1.03 bits per heavy atom. The molecule has 0 bridgehead atoms. The van der Waals surface area contributed by atoms with E-state index in [4.69, 9.17) is 11.6 Å². The molecule has 0 spiro atoms. The summed E-state index contributed by atoms with van der Waals surface area (Å²) in [5.74, 6) is -0.856. The van der Waals surface area contributed by atoms with Gasteiger partial charge in [-0.2, -0.15) is 13.2 Å². The minimum atomic E-state index is -4.58. The number of nitrogens with zero attached hydrogens (tertiary/aromatic N) is 1. The Morgan fingerprint density at radius 2 is 1.72 bits per heavy atom. The third kappa shape index (κ3) is 5.20. The van der Waals surface area contributed by atoms with Gasteiger partial charge in [-0.05, 0) is 43.2 Å². The number of para-hydroxylation sites is 1.